The molecule has 1 aromatic carbocycles. The first kappa shape index (κ1) is 16.0. The number of amides is 1. The normalized spacial score (nSPS) is 20.3. The number of aromatic nitrogens is 2. The highest BCUT2D eigenvalue weighted by atomic mass is 32.1. The fourth-order valence-electron chi connectivity index (χ4n) is 3.13. The molecule has 0 aliphatic heterocycles. The second-order valence-electron chi connectivity index (χ2n) is 6.22. The van der Waals surface area contributed by atoms with Crippen LogP contribution in [-0.2, 0) is 0 Å². The first-order valence-corrected chi connectivity index (χ1v) is 9.34. The van der Waals surface area contributed by atoms with Crippen molar-refractivity contribution in [3.8, 4) is 5.88 Å². The Bertz CT molecular complexity index is 824. The van der Waals surface area contributed by atoms with E-state index in [9.17, 15) is 4.79 Å². The molecule has 5 nitrogen and oxygen atoms in total. The van der Waals surface area contributed by atoms with E-state index >= 15 is 0 Å². The monoisotopic (exact) mass is 353 g/mol. The van der Waals surface area contributed by atoms with Gasteiger partial charge in [0.1, 0.15) is 6.10 Å². The molecule has 1 aliphatic rings. The molecule has 128 valence electrons. The van der Waals surface area contributed by atoms with Gasteiger partial charge in [-0.3, -0.25) is 4.79 Å². The smallest absolute Gasteiger partial charge is 0.280 e. The standard InChI is InChI=1S/C19H19N3O2S/c23-18(19-22-15-5-1-2-6-16(15)25-19)21-13-8-10-14(11-9-13)24-17-7-3-4-12-20-17/h1-7,12-14H,8-11H2,(H,21,23). The van der Waals surface area contributed by atoms with E-state index in [-0.39, 0.29) is 18.1 Å². The quantitative estimate of drug-likeness (QED) is 0.775. The number of nitrogens with one attached hydrogen (secondary N) is 1. The number of benzene rings is 1. The Balaban J connectivity index is 1.31. The van der Waals surface area contributed by atoms with Crippen molar-refractivity contribution in [1.82, 2.24) is 15.3 Å². The third-order valence-electron chi connectivity index (χ3n) is 4.42. The number of fused-ring (bicyclic) bond motifs is 1. The summed E-state index contributed by atoms with van der Waals surface area (Å²) in [4.78, 5) is 21.1. The number of hydrogen-bond donors (Lipinski definition) is 1. The van der Waals surface area contributed by atoms with Crippen molar-refractivity contribution in [2.45, 2.75) is 37.8 Å². The van der Waals surface area contributed by atoms with Gasteiger partial charge >= 0.3 is 0 Å². The molecule has 0 unspecified atom stereocenters. The van der Waals surface area contributed by atoms with Crippen molar-refractivity contribution in [3.63, 3.8) is 0 Å². The third kappa shape index (κ3) is 3.79. The van der Waals surface area contributed by atoms with Gasteiger partial charge in [0, 0.05) is 18.3 Å². The minimum absolute atomic E-state index is 0.0738. The lowest BCUT2D eigenvalue weighted by Gasteiger charge is -2.28. The fourth-order valence-corrected chi connectivity index (χ4v) is 4.00. The molecule has 1 aliphatic carbocycles. The summed E-state index contributed by atoms with van der Waals surface area (Å²) in [6.45, 7) is 0. The minimum atomic E-state index is -0.0738. The molecule has 0 saturated heterocycles. The Kier molecular flexibility index (Phi) is 4.61. The highest BCUT2D eigenvalue weighted by Gasteiger charge is 2.25. The van der Waals surface area contributed by atoms with Crippen molar-refractivity contribution < 1.29 is 9.53 Å². The maximum atomic E-state index is 12.5. The Morgan fingerprint density at radius 3 is 2.64 bits per heavy atom. The number of carbonyl (C=O) groups is 1. The van der Waals surface area contributed by atoms with Crippen LogP contribution in [-0.4, -0.2) is 28.0 Å². The number of carbonyl (C=O) groups excluding carboxylic acids is 1. The maximum Gasteiger partial charge on any atom is 0.280 e. The van der Waals surface area contributed by atoms with Gasteiger partial charge in [-0.25, -0.2) is 9.97 Å². The van der Waals surface area contributed by atoms with E-state index in [1.165, 1.54) is 11.3 Å². The summed E-state index contributed by atoms with van der Waals surface area (Å²) in [6, 6.07) is 13.7. The largest absolute Gasteiger partial charge is 0.474 e. The number of thiazole rings is 1. The van der Waals surface area contributed by atoms with E-state index in [2.05, 4.69) is 15.3 Å². The molecule has 1 amide bonds. The molecular formula is C19H19N3O2S. The van der Waals surface area contributed by atoms with E-state index in [4.69, 9.17) is 4.74 Å². The van der Waals surface area contributed by atoms with Gasteiger partial charge in [-0.2, -0.15) is 0 Å². The van der Waals surface area contributed by atoms with Crippen molar-refractivity contribution in [2.75, 3.05) is 0 Å². The van der Waals surface area contributed by atoms with Gasteiger partial charge in [0.15, 0.2) is 5.01 Å². The van der Waals surface area contributed by atoms with Crippen molar-refractivity contribution >= 4 is 27.5 Å². The van der Waals surface area contributed by atoms with Crippen LogP contribution in [0.15, 0.2) is 48.7 Å². The molecule has 6 heteroatoms. The highest BCUT2D eigenvalue weighted by Crippen LogP contribution is 2.25. The third-order valence-corrected chi connectivity index (χ3v) is 5.46. The predicted octanol–water partition coefficient (Wildman–Crippen LogP) is 3.81. The van der Waals surface area contributed by atoms with Gasteiger partial charge in [0.05, 0.1) is 10.2 Å². The van der Waals surface area contributed by atoms with Crippen LogP contribution in [0.5, 0.6) is 5.88 Å². The lowest BCUT2D eigenvalue weighted by molar-refractivity contribution is 0.0890. The molecule has 25 heavy (non-hydrogen) atoms. The second-order valence-corrected chi connectivity index (χ2v) is 7.25. The maximum absolute atomic E-state index is 12.5. The zero-order valence-electron chi connectivity index (χ0n) is 13.7. The molecule has 0 radical (unpaired) electrons. The molecule has 3 aromatic rings. The van der Waals surface area contributed by atoms with Crippen LogP contribution in [0.3, 0.4) is 0 Å². The summed E-state index contributed by atoms with van der Waals surface area (Å²) >= 11 is 1.44. The molecular weight excluding hydrogens is 334 g/mol. The predicted molar refractivity (Wildman–Crippen MR) is 98.0 cm³/mol. The van der Waals surface area contributed by atoms with Crippen molar-refractivity contribution in [2.24, 2.45) is 0 Å². The average Bonchev–Trinajstić information content (AvgIpc) is 3.09. The van der Waals surface area contributed by atoms with Gasteiger partial charge in [0.2, 0.25) is 5.88 Å². The Morgan fingerprint density at radius 2 is 1.88 bits per heavy atom. The Labute approximate surface area is 150 Å². The first-order valence-electron chi connectivity index (χ1n) is 8.52. The number of nitrogens with zero attached hydrogens (tertiary/aromatic N) is 2. The number of para-hydroxylation sites is 1. The topological polar surface area (TPSA) is 64.1 Å². The van der Waals surface area contributed by atoms with Crippen LogP contribution in [0.4, 0.5) is 0 Å². The van der Waals surface area contributed by atoms with Gasteiger partial charge in [-0.15, -0.1) is 11.3 Å². The van der Waals surface area contributed by atoms with Gasteiger partial charge in [-0.05, 0) is 43.9 Å². The zero-order valence-corrected chi connectivity index (χ0v) is 14.5. The van der Waals surface area contributed by atoms with Crippen LogP contribution in [0.25, 0.3) is 10.2 Å². The summed E-state index contributed by atoms with van der Waals surface area (Å²) in [5, 5.41) is 3.65. The number of rotatable bonds is 4. The van der Waals surface area contributed by atoms with Crippen LogP contribution in [0.1, 0.15) is 35.5 Å². The van der Waals surface area contributed by atoms with Crippen molar-refractivity contribution in [1.29, 1.82) is 0 Å². The molecule has 2 heterocycles. The Hall–Kier alpha value is -2.47. The molecule has 0 spiro atoms. The van der Waals surface area contributed by atoms with E-state index in [1.54, 1.807) is 6.20 Å². The van der Waals surface area contributed by atoms with Crippen LogP contribution >= 0.6 is 11.3 Å². The lowest BCUT2D eigenvalue weighted by Crippen LogP contribution is -2.39. The molecule has 0 bridgehead atoms. The SMILES string of the molecule is O=C(NC1CCC(Oc2ccccn2)CC1)c1nc2ccccc2s1. The van der Waals surface area contributed by atoms with Crippen LogP contribution < -0.4 is 10.1 Å². The summed E-state index contributed by atoms with van der Waals surface area (Å²) < 4.78 is 6.94. The number of pyridine rings is 1. The molecule has 1 fully saturated rings. The van der Waals surface area contributed by atoms with Crippen LogP contribution in [0, 0.1) is 0 Å². The highest BCUT2D eigenvalue weighted by molar-refractivity contribution is 7.20. The molecule has 0 atom stereocenters. The fraction of sp³-hybridized carbons (Fsp3) is 0.316. The summed E-state index contributed by atoms with van der Waals surface area (Å²) in [5.74, 6) is 0.597. The molecule has 1 N–H and O–H groups in total. The van der Waals surface area contributed by atoms with Gasteiger partial charge in [-0.1, -0.05) is 18.2 Å². The zero-order chi connectivity index (χ0) is 17.1. The second kappa shape index (κ2) is 7.19. The van der Waals surface area contributed by atoms with E-state index in [0.717, 1.165) is 35.9 Å². The van der Waals surface area contributed by atoms with Crippen LogP contribution in [0.2, 0.25) is 0 Å². The minimum Gasteiger partial charge on any atom is -0.474 e. The van der Waals surface area contributed by atoms with Crippen molar-refractivity contribution in [3.05, 3.63) is 53.7 Å². The molecule has 1 saturated carbocycles. The van der Waals surface area contributed by atoms with E-state index < -0.39 is 0 Å². The number of hydrogen-bond acceptors (Lipinski definition) is 5. The number of ether oxygens (including phenoxy) is 1. The first-order chi connectivity index (χ1) is 12.3. The lowest BCUT2D eigenvalue weighted by atomic mass is 9.93. The summed E-state index contributed by atoms with van der Waals surface area (Å²) in [5.41, 5.74) is 0.880. The Morgan fingerprint density at radius 1 is 1.08 bits per heavy atom. The molecule has 2 aromatic heterocycles. The average molecular weight is 353 g/mol. The van der Waals surface area contributed by atoms with E-state index in [1.807, 2.05) is 42.5 Å². The molecule has 4 rings (SSSR count). The summed E-state index contributed by atoms with van der Waals surface area (Å²) in [7, 11) is 0. The summed E-state index contributed by atoms with van der Waals surface area (Å²) in [6.07, 6.45) is 5.56. The van der Waals surface area contributed by atoms with Gasteiger partial charge in [0.25, 0.3) is 5.91 Å². The van der Waals surface area contributed by atoms with Gasteiger partial charge < -0.3 is 10.1 Å². The van der Waals surface area contributed by atoms with E-state index in [0.29, 0.717) is 10.9 Å².